The first-order valence-corrected chi connectivity index (χ1v) is 6.80. The fraction of sp³-hybridized carbons (Fsp3) is 0.533. The van der Waals surface area contributed by atoms with E-state index in [2.05, 4.69) is 36.5 Å². The van der Waals surface area contributed by atoms with Crippen LogP contribution >= 0.6 is 12.4 Å². The van der Waals surface area contributed by atoms with Gasteiger partial charge in [-0.3, -0.25) is 4.79 Å². The first-order chi connectivity index (χ1) is 8.75. The van der Waals surface area contributed by atoms with Gasteiger partial charge in [0.15, 0.2) is 0 Å². The Morgan fingerprint density at radius 2 is 2.00 bits per heavy atom. The van der Waals surface area contributed by atoms with Crippen molar-refractivity contribution in [1.82, 2.24) is 10.2 Å². The van der Waals surface area contributed by atoms with Crippen molar-refractivity contribution < 1.29 is 4.79 Å². The summed E-state index contributed by atoms with van der Waals surface area (Å²) in [4.78, 5) is 13.4. The fourth-order valence-electron chi connectivity index (χ4n) is 2.27. The molecule has 1 amide bonds. The van der Waals surface area contributed by atoms with Gasteiger partial charge in [-0.05, 0) is 31.9 Å². The molecule has 0 aliphatic carbocycles. The summed E-state index contributed by atoms with van der Waals surface area (Å²) in [5, 5.41) is 3.42. The number of hydrogen-bond donors (Lipinski definition) is 1. The Morgan fingerprint density at radius 3 is 2.63 bits per heavy atom. The van der Waals surface area contributed by atoms with E-state index in [-0.39, 0.29) is 12.4 Å². The molecule has 0 aromatic heterocycles. The monoisotopic (exact) mass is 282 g/mol. The lowest BCUT2D eigenvalue weighted by atomic mass is 10.1. The lowest BCUT2D eigenvalue weighted by molar-refractivity contribution is -0.127. The number of aryl methyl sites for hydroxylation is 1. The third kappa shape index (κ3) is 5.21. The Hall–Kier alpha value is -1.06. The second kappa shape index (κ2) is 8.18. The molecule has 1 fully saturated rings. The summed E-state index contributed by atoms with van der Waals surface area (Å²) in [6.45, 7) is 5.84. The van der Waals surface area contributed by atoms with Gasteiger partial charge in [-0.25, -0.2) is 0 Å². The van der Waals surface area contributed by atoms with Gasteiger partial charge >= 0.3 is 0 Å². The Labute approximate surface area is 121 Å². The summed E-state index contributed by atoms with van der Waals surface area (Å²) < 4.78 is 0. The van der Waals surface area contributed by atoms with Crippen LogP contribution in [0.15, 0.2) is 24.3 Å². The normalized spacial score (nSPS) is 14.6. The number of carbonyl (C=O) groups is 1. The van der Waals surface area contributed by atoms with Crippen LogP contribution < -0.4 is 5.32 Å². The molecule has 4 heteroatoms. The van der Waals surface area contributed by atoms with E-state index < -0.39 is 0 Å². The molecule has 106 valence electrons. The van der Waals surface area contributed by atoms with Crippen molar-refractivity contribution in [3.8, 4) is 0 Å². The van der Waals surface area contributed by atoms with E-state index in [4.69, 9.17) is 0 Å². The van der Waals surface area contributed by atoms with E-state index in [1.807, 2.05) is 4.90 Å². The lowest BCUT2D eigenvalue weighted by Crippen LogP contribution is -2.28. The molecular weight excluding hydrogens is 260 g/mol. The van der Waals surface area contributed by atoms with Crippen molar-refractivity contribution in [3.05, 3.63) is 35.4 Å². The smallest absolute Gasteiger partial charge is 0.222 e. The molecule has 0 bridgehead atoms. The molecule has 0 radical (unpaired) electrons. The molecule has 1 aliphatic rings. The van der Waals surface area contributed by atoms with Crippen LogP contribution in [-0.2, 0) is 11.3 Å². The number of benzene rings is 1. The Balaban J connectivity index is 0.00000180. The summed E-state index contributed by atoms with van der Waals surface area (Å²) in [6, 6.07) is 8.60. The maximum Gasteiger partial charge on any atom is 0.222 e. The lowest BCUT2D eigenvalue weighted by Gasteiger charge is -2.15. The first-order valence-electron chi connectivity index (χ1n) is 6.80. The number of nitrogens with zero attached hydrogens (tertiary/aromatic N) is 1. The van der Waals surface area contributed by atoms with Gasteiger partial charge in [0.2, 0.25) is 5.91 Å². The van der Waals surface area contributed by atoms with Crippen molar-refractivity contribution in [2.75, 3.05) is 19.6 Å². The van der Waals surface area contributed by atoms with Crippen LogP contribution in [0, 0.1) is 6.92 Å². The van der Waals surface area contributed by atoms with E-state index in [9.17, 15) is 4.79 Å². The molecule has 1 heterocycles. The first kappa shape index (κ1) is 16.0. The van der Waals surface area contributed by atoms with E-state index in [1.54, 1.807) is 0 Å². The molecule has 0 atom stereocenters. The number of likely N-dealkylation sites (tertiary alicyclic amines) is 1. The molecule has 1 N–H and O–H groups in total. The van der Waals surface area contributed by atoms with Crippen molar-refractivity contribution in [2.24, 2.45) is 0 Å². The molecule has 0 saturated carbocycles. The minimum atomic E-state index is 0. The van der Waals surface area contributed by atoms with Gasteiger partial charge in [-0.1, -0.05) is 29.8 Å². The minimum absolute atomic E-state index is 0. The van der Waals surface area contributed by atoms with Crippen molar-refractivity contribution >= 4 is 18.3 Å². The minimum Gasteiger partial charge on any atom is -0.343 e. The molecular formula is C15H23ClN2O. The van der Waals surface area contributed by atoms with Gasteiger partial charge in [0.05, 0.1) is 0 Å². The molecule has 1 aromatic rings. The van der Waals surface area contributed by atoms with Crippen LogP contribution in [0.5, 0.6) is 0 Å². The highest BCUT2D eigenvalue weighted by molar-refractivity contribution is 5.85. The zero-order valence-electron chi connectivity index (χ0n) is 11.5. The molecule has 0 spiro atoms. The van der Waals surface area contributed by atoms with Gasteiger partial charge in [-0.15, -0.1) is 12.4 Å². The van der Waals surface area contributed by atoms with Gasteiger partial charge in [-0.2, -0.15) is 0 Å². The predicted octanol–water partition coefficient (Wildman–Crippen LogP) is 2.52. The Kier molecular flexibility index (Phi) is 6.89. The average molecular weight is 283 g/mol. The third-order valence-corrected chi connectivity index (χ3v) is 3.40. The zero-order chi connectivity index (χ0) is 12.8. The number of rotatable bonds is 6. The number of amides is 1. The predicted molar refractivity (Wildman–Crippen MR) is 80.6 cm³/mol. The highest BCUT2D eigenvalue weighted by Gasteiger charge is 2.18. The SMILES string of the molecule is Cc1ccc(CNCCCN2CCCC2=O)cc1.Cl. The maximum atomic E-state index is 11.4. The third-order valence-electron chi connectivity index (χ3n) is 3.40. The second-order valence-electron chi connectivity index (χ2n) is 5.00. The largest absolute Gasteiger partial charge is 0.343 e. The summed E-state index contributed by atoms with van der Waals surface area (Å²) in [5.74, 6) is 0.327. The Bertz CT molecular complexity index is 392. The van der Waals surface area contributed by atoms with Gasteiger partial charge in [0.1, 0.15) is 0 Å². The van der Waals surface area contributed by atoms with E-state index in [1.165, 1.54) is 11.1 Å². The van der Waals surface area contributed by atoms with Crippen LogP contribution in [0.1, 0.15) is 30.4 Å². The zero-order valence-corrected chi connectivity index (χ0v) is 12.3. The highest BCUT2D eigenvalue weighted by Crippen LogP contribution is 2.09. The number of carbonyl (C=O) groups excluding carboxylic acids is 1. The van der Waals surface area contributed by atoms with Crippen molar-refractivity contribution in [2.45, 2.75) is 32.7 Å². The van der Waals surface area contributed by atoms with Crippen molar-refractivity contribution in [3.63, 3.8) is 0 Å². The second-order valence-corrected chi connectivity index (χ2v) is 5.00. The van der Waals surface area contributed by atoms with Gasteiger partial charge < -0.3 is 10.2 Å². The van der Waals surface area contributed by atoms with Crippen LogP contribution in [0.3, 0.4) is 0 Å². The average Bonchev–Trinajstić information content (AvgIpc) is 2.77. The van der Waals surface area contributed by atoms with E-state index in [0.29, 0.717) is 5.91 Å². The molecule has 19 heavy (non-hydrogen) atoms. The van der Waals surface area contributed by atoms with Crippen LogP contribution in [0.25, 0.3) is 0 Å². The molecule has 0 unspecified atom stereocenters. The quantitative estimate of drug-likeness (QED) is 0.813. The molecule has 1 saturated heterocycles. The summed E-state index contributed by atoms with van der Waals surface area (Å²) >= 11 is 0. The highest BCUT2D eigenvalue weighted by atomic mass is 35.5. The van der Waals surface area contributed by atoms with E-state index in [0.717, 1.165) is 45.4 Å². The van der Waals surface area contributed by atoms with Gasteiger partial charge in [0.25, 0.3) is 0 Å². The van der Waals surface area contributed by atoms with Crippen LogP contribution in [0.4, 0.5) is 0 Å². The van der Waals surface area contributed by atoms with Crippen LogP contribution in [-0.4, -0.2) is 30.4 Å². The number of nitrogens with one attached hydrogen (secondary N) is 1. The molecule has 3 nitrogen and oxygen atoms in total. The van der Waals surface area contributed by atoms with Gasteiger partial charge in [0, 0.05) is 26.1 Å². The van der Waals surface area contributed by atoms with Crippen molar-refractivity contribution in [1.29, 1.82) is 0 Å². The Morgan fingerprint density at radius 1 is 1.26 bits per heavy atom. The number of hydrogen-bond acceptors (Lipinski definition) is 2. The fourth-order valence-corrected chi connectivity index (χ4v) is 2.27. The molecule has 1 aromatic carbocycles. The summed E-state index contributed by atoms with van der Waals surface area (Å²) in [6.07, 6.45) is 2.82. The van der Waals surface area contributed by atoms with E-state index >= 15 is 0 Å². The maximum absolute atomic E-state index is 11.4. The van der Waals surface area contributed by atoms with Crippen LogP contribution in [0.2, 0.25) is 0 Å². The number of halogens is 1. The molecule has 2 rings (SSSR count). The summed E-state index contributed by atoms with van der Waals surface area (Å²) in [5.41, 5.74) is 2.61. The summed E-state index contributed by atoms with van der Waals surface area (Å²) in [7, 11) is 0. The molecule has 1 aliphatic heterocycles. The topological polar surface area (TPSA) is 32.3 Å². The standard InChI is InChI=1S/C15H22N2O.ClH/c1-13-5-7-14(8-6-13)12-16-9-3-11-17-10-2-4-15(17)18;/h5-8,16H,2-4,9-12H2,1H3;1H.